The minimum absolute atomic E-state index is 0.0886. The highest BCUT2D eigenvalue weighted by molar-refractivity contribution is 6.30. The molecule has 2 heterocycles. The third kappa shape index (κ3) is 3.01. The molecule has 0 aliphatic carbocycles. The molecule has 0 aliphatic heterocycles. The smallest absolute Gasteiger partial charge is 0.267 e. The van der Waals surface area contributed by atoms with Crippen LogP contribution in [-0.2, 0) is 0 Å². The Morgan fingerprint density at radius 1 is 0.900 bits per heavy atom. The number of aromatic hydroxyl groups is 1. The number of azo groups is 1. The lowest BCUT2D eigenvalue weighted by molar-refractivity contribution is 0.459. The molecule has 0 amide bonds. The number of benzene rings is 3. The van der Waals surface area contributed by atoms with Gasteiger partial charge in [-0.1, -0.05) is 41.9 Å². The summed E-state index contributed by atoms with van der Waals surface area (Å²) in [6.45, 7) is 0. The van der Waals surface area contributed by atoms with Crippen molar-refractivity contribution in [3.8, 4) is 11.6 Å². The first kappa shape index (κ1) is 18.1. The summed E-state index contributed by atoms with van der Waals surface area (Å²) < 4.78 is 1.37. The summed E-state index contributed by atoms with van der Waals surface area (Å²) in [5, 5.41) is 20.4. The predicted octanol–water partition coefficient (Wildman–Crippen LogP) is 5.64. The van der Waals surface area contributed by atoms with Gasteiger partial charge in [0.05, 0.1) is 22.1 Å². The van der Waals surface area contributed by atoms with Crippen LogP contribution >= 0.6 is 11.6 Å². The van der Waals surface area contributed by atoms with Crippen LogP contribution in [0.2, 0.25) is 5.02 Å². The number of hydrogen-bond donors (Lipinski definition) is 2. The van der Waals surface area contributed by atoms with Crippen LogP contribution in [-0.4, -0.2) is 19.6 Å². The molecule has 2 N–H and O–H groups in total. The summed E-state index contributed by atoms with van der Waals surface area (Å²) in [6, 6.07) is 21.2. The maximum absolute atomic E-state index is 13.2. The van der Waals surface area contributed by atoms with Gasteiger partial charge in [-0.15, -0.1) is 10.2 Å². The van der Waals surface area contributed by atoms with Crippen LogP contribution in [0.1, 0.15) is 0 Å². The molecule has 3 aromatic carbocycles. The summed E-state index contributed by atoms with van der Waals surface area (Å²) in [4.78, 5) is 20.6. The van der Waals surface area contributed by atoms with E-state index in [9.17, 15) is 9.90 Å². The number of fused-ring (bicyclic) bond motifs is 2. The van der Waals surface area contributed by atoms with Gasteiger partial charge >= 0.3 is 0 Å². The van der Waals surface area contributed by atoms with E-state index in [0.29, 0.717) is 27.0 Å². The van der Waals surface area contributed by atoms with Gasteiger partial charge in [0.2, 0.25) is 5.88 Å². The van der Waals surface area contributed by atoms with Crippen LogP contribution in [0, 0.1) is 0 Å². The molecule has 0 fully saturated rings. The number of para-hydroxylation sites is 2. The zero-order valence-electron chi connectivity index (χ0n) is 15.5. The van der Waals surface area contributed by atoms with Crippen LogP contribution in [0.25, 0.3) is 27.5 Å². The van der Waals surface area contributed by atoms with E-state index in [1.54, 1.807) is 48.5 Å². The van der Waals surface area contributed by atoms with Gasteiger partial charge in [-0.3, -0.25) is 4.79 Å². The van der Waals surface area contributed by atoms with Crippen molar-refractivity contribution >= 4 is 45.0 Å². The van der Waals surface area contributed by atoms with Crippen molar-refractivity contribution in [1.29, 1.82) is 0 Å². The van der Waals surface area contributed by atoms with Crippen LogP contribution in [0.4, 0.5) is 11.6 Å². The van der Waals surface area contributed by atoms with Crippen LogP contribution in [0.3, 0.4) is 0 Å². The van der Waals surface area contributed by atoms with Crippen molar-refractivity contribution in [3.63, 3.8) is 0 Å². The van der Waals surface area contributed by atoms with Crippen LogP contribution < -0.4 is 5.56 Å². The predicted molar refractivity (Wildman–Crippen MR) is 116 cm³/mol. The second kappa shape index (κ2) is 7.13. The lowest BCUT2D eigenvalue weighted by Crippen LogP contribution is -2.19. The molecule has 5 rings (SSSR count). The maximum Gasteiger partial charge on any atom is 0.267 e. The highest BCUT2D eigenvalue weighted by atomic mass is 35.5. The Balaban J connectivity index is 1.74. The molecule has 0 saturated heterocycles. The van der Waals surface area contributed by atoms with Gasteiger partial charge < -0.3 is 10.1 Å². The van der Waals surface area contributed by atoms with Crippen molar-refractivity contribution in [2.24, 2.45) is 10.2 Å². The van der Waals surface area contributed by atoms with Crippen LogP contribution in [0.15, 0.2) is 87.8 Å². The molecule has 0 unspecified atom stereocenters. The number of aromatic amines is 1. The molecule has 30 heavy (non-hydrogen) atoms. The van der Waals surface area contributed by atoms with Gasteiger partial charge in [0, 0.05) is 10.4 Å². The van der Waals surface area contributed by atoms with E-state index in [1.165, 1.54) is 4.57 Å². The molecule has 146 valence electrons. The van der Waals surface area contributed by atoms with Gasteiger partial charge in [0.15, 0.2) is 5.69 Å². The van der Waals surface area contributed by atoms with Crippen molar-refractivity contribution in [2.45, 2.75) is 0 Å². The molecule has 7 nitrogen and oxygen atoms in total. The topological polar surface area (TPSA) is 95.6 Å². The Morgan fingerprint density at radius 2 is 1.60 bits per heavy atom. The fourth-order valence-corrected chi connectivity index (χ4v) is 3.45. The summed E-state index contributed by atoms with van der Waals surface area (Å²) in [7, 11) is 0. The quantitative estimate of drug-likeness (QED) is 0.373. The van der Waals surface area contributed by atoms with Gasteiger partial charge in [-0.05, 0) is 42.5 Å². The molecule has 0 saturated carbocycles. The first-order valence-electron chi connectivity index (χ1n) is 9.11. The minimum Gasteiger partial charge on any atom is -0.493 e. The number of H-pyrrole nitrogens is 1. The molecule has 0 bridgehead atoms. The van der Waals surface area contributed by atoms with E-state index in [1.807, 2.05) is 24.3 Å². The van der Waals surface area contributed by atoms with Gasteiger partial charge in [0.1, 0.15) is 0 Å². The molecule has 0 aliphatic rings. The summed E-state index contributed by atoms with van der Waals surface area (Å²) in [6.07, 6.45) is 0. The molecule has 2 aromatic heterocycles. The monoisotopic (exact) mass is 415 g/mol. The Bertz CT molecular complexity index is 1490. The first-order valence-corrected chi connectivity index (χ1v) is 9.49. The maximum atomic E-state index is 13.2. The first-order chi connectivity index (χ1) is 14.6. The summed E-state index contributed by atoms with van der Waals surface area (Å²) in [5.41, 5.74) is 1.78. The molecular formula is C22H14ClN5O2. The van der Waals surface area contributed by atoms with Crippen molar-refractivity contribution in [1.82, 2.24) is 14.5 Å². The third-order valence-corrected chi connectivity index (χ3v) is 4.99. The average molecular weight is 416 g/mol. The molecule has 0 atom stereocenters. The normalized spacial score (nSPS) is 11.6. The number of rotatable bonds is 3. The fourth-order valence-electron chi connectivity index (χ4n) is 3.32. The van der Waals surface area contributed by atoms with Gasteiger partial charge in [-0.2, -0.15) is 0 Å². The summed E-state index contributed by atoms with van der Waals surface area (Å²) in [5.74, 6) is -0.0215. The van der Waals surface area contributed by atoms with Crippen molar-refractivity contribution < 1.29 is 5.11 Å². The van der Waals surface area contributed by atoms with Crippen molar-refractivity contribution in [3.05, 3.63) is 88.2 Å². The zero-order valence-corrected chi connectivity index (χ0v) is 16.2. The molecular weight excluding hydrogens is 402 g/mol. The standard InChI is InChI=1S/C22H14ClN5O2/c23-13-9-11-14(12-10-13)28-21(30)16-6-2-4-8-18(16)25-22(28)27-26-19-15-5-1-3-7-17(15)24-20(19)29/h1-12,24,29H. The van der Waals surface area contributed by atoms with E-state index in [0.717, 1.165) is 5.52 Å². The molecule has 8 heteroatoms. The number of nitrogens with one attached hydrogen (secondary N) is 1. The largest absolute Gasteiger partial charge is 0.493 e. The second-order valence-corrected chi connectivity index (χ2v) is 7.05. The number of halogens is 1. The van der Waals surface area contributed by atoms with Crippen molar-refractivity contribution in [2.75, 3.05) is 0 Å². The number of hydrogen-bond acceptors (Lipinski definition) is 5. The lowest BCUT2D eigenvalue weighted by atomic mass is 10.2. The Labute approximate surface area is 174 Å². The molecule has 0 radical (unpaired) electrons. The van der Waals surface area contributed by atoms with Crippen LogP contribution in [0.5, 0.6) is 5.88 Å². The SMILES string of the molecule is O=c1c2ccccc2nc(N=Nc2c(O)[nH]c3ccccc23)n1-c1ccc(Cl)cc1. The molecule has 5 aromatic rings. The molecule has 0 spiro atoms. The van der Waals surface area contributed by atoms with E-state index < -0.39 is 0 Å². The fraction of sp³-hybridized carbons (Fsp3) is 0. The zero-order chi connectivity index (χ0) is 20.7. The Hall–Kier alpha value is -3.97. The van der Waals surface area contributed by atoms with E-state index in [2.05, 4.69) is 20.2 Å². The Morgan fingerprint density at radius 3 is 2.40 bits per heavy atom. The minimum atomic E-state index is -0.278. The lowest BCUT2D eigenvalue weighted by Gasteiger charge is -2.10. The van der Waals surface area contributed by atoms with E-state index in [4.69, 9.17) is 11.6 Å². The highest BCUT2D eigenvalue weighted by Crippen LogP contribution is 2.36. The van der Waals surface area contributed by atoms with Gasteiger partial charge in [-0.25, -0.2) is 9.55 Å². The highest BCUT2D eigenvalue weighted by Gasteiger charge is 2.14. The second-order valence-electron chi connectivity index (χ2n) is 6.61. The average Bonchev–Trinajstić information content (AvgIpc) is 3.08. The Kier molecular flexibility index (Phi) is 4.30. The van der Waals surface area contributed by atoms with Gasteiger partial charge in [0.25, 0.3) is 11.5 Å². The number of aromatic nitrogens is 3. The van der Waals surface area contributed by atoms with E-state index >= 15 is 0 Å². The van der Waals surface area contributed by atoms with E-state index in [-0.39, 0.29) is 23.1 Å². The third-order valence-electron chi connectivity index (χ3n) is 4.74. The summed E-state index contributed by atoms with van der Waals surface area (Å²) >= 11 is 6.00. The number of nitrogens with zero attached hydrogens (tertiary/aromatic N) is 4.